The number of benzene rings is 2. The molecule has 1 aromatic heterocycles. The molecule has 3 aromatic rings. The molecule has 1 amide bonds. The standard InChI is InChI=1S/C27H32N2O3/c1-6-16-31-20(5)25-15-14-24(19(4)28-25)27(30)29-21-10-9-11-22(17-21)32-26-13-8-7-12-23(26)18(2)3/h7-15,17-18,20H,6,16H2,1-5H3,(H,29,30). The molecule has 32 heavy (non-hydrogen) atoms. The number of carbonyl (C=O) groups excluding carboxylic acids is 1. The SMILES string of the molecule is CCCOC(C)c1ccc(C(=O)Nc2cccc(Oc3ccccc3C(C)C)c2)c(C)n1. The van der Waals surface area contributed by atoms with Gasteiger partial charge in [-0.3, -0.25) is 9.78 Å². The lowest BCUT2D eigenvalue weighted by Crippen LogP contribution is -2.15. The highest BCUT2D eigenvalue weighted by atomic mass is 16.5. The van der Waals surface area contributed by atoms with Crippen molar-refractivity contribution in [1.29, 1.82) is 0 Å². The Hall–Kier alpha value is -3.18. The summed E-state index contributed by atoms with van der Waals surface area (Å²) < 4.78 is 11.9. The predicted molar refractivity (Wildman–Crippen MR) is 129 cm³/mol. The van der Waals surface area contributed by atoms with Crippen LogP contribution < -0.4 is 10.1 Å². The van der Waals surface area contributed by atoms with E-state index in [0.717, 1.165) is 23.4 Å². The van der Waals surface area contributed by atoms with Gasteiger partial charge in [0.05, 0.1) is 23.1 Å². The Bertz CT molecular complexity index is 1060. The molecule has 0 radical (unpaired) electrons. The minimum Gasteiger partial charge on any atom is -0.457 e. The molecule has 0 aliphatic rings. The van der Waals surface area contributed by atoms with E-state index in [0.29, 0.717) is 35.2 Å². The number of rotatable bonds is 9. The van der Waals surface area contributed by atoms with Crippen LogP contribution >= 0.6 is 0 Å². The van der Waals surface area contributed by atoms with Gasteiger partial charge in [0.15, 0.2) is 0 Å². The van der Waals surface area contributed by atoms with Crippen LogP contribution in [-0.4, -0.2) is 17.5 Å². The highest BCUT2D eigenvalue weighted by molar-refractivity contribution is 6.05. The monoisotopic (exact) mass is 432 g/mol. The van der Waals surface area contributed by atoms with Crippen LogP contribution in [0.4, 0.5) is 5.69 Å². The molecule has 1 heterocycles. The smallest absolute Gasteiger partial charge is 0.257 e. The van der Waals surface area contributed by atoms with Gasteiger partial charge >= 0.3 is 0 Å². The van der Waals surface area contributed by atoms with Gasteiger partial charge in [-0.15, -0.1) is 0 Å². The first kappa shape index (κ1) is 23.5. The van der Waals surface area contributed by atoms with Crippen LogP contribution in [0.3, 0.4) is 0 Å². The quantitative estimate of drug-likeness (QED) is 0.394. The van der Waals surface area contributed by atoms with Crippen molar-refractivity contribution >= 4 is 11.6 Å². The summed E-state index contributed by atoms with van der Waals surface area (Å²) >= 11 is 0. The maximum atomic E-state index is 12.9. The summed E-state index contributed by atoms with van der Waals surface area (Å²) in [6, 6.07) is 19.1. The summed E-state index contributed by atoms with van der Waals surface area (Å²) in [5.74, 6) is 1.63. The normalized spacial score (nSPS) is 11.9. The molecule has 0 aliphatic heterocycles. The molecule has 3 rings (SSSR count). The van der Waals surface area contributed by atoms with Gasteiger partial charge in [0.1, 0.15) is 11.5 Å². The lowest BCUT2D eigenvalue weighted by atomic mass is 10.0. The lowest BCUT2D eigenvalue weighted by molar-refractivity contribution is 0.0632. The third-order valence-corrected chi connectivity index (χ3v) is 5.20. The number of hydrogen-bond acceptors (Lipinski definition) is 4. The van der Waals surface area contributed by atoms with Crippen molar-refractivity contribution in [3.05, 3.63) is 83.2 Å². The van der Waals surface area contributed by atoms with Crippen molar-refractivity contribution in [3.8, 4) is 11.5 Å². The van der Waals surface area contributed by atoms with E-state index in [9.17, 15) is 4.79 Å². The minimum atomic E-state index is -0.205. The maximum absolute atomic E-state index is 12.9. The lowest BCUT2D eigenvalue weighted by Gasteiger charge is -2.15. The number of carbonyl (C=O) groups is 1. The highest BCUT2D eigenvalue weighted by Crippen LogP contribution is 2.31. The van der Waals surface area contributed by atoms with E-state index >= 15 is 0 Å². The van der Waals surface area contributed by atoms with Crippen molar-refractivity contribution in [2.75, 3.05) is 11.9 Å². The van der Waals surface area contributed by atoms with E-state index in [1.807, 2.05) is 62.4 Å². The van der Waals surface area contributed by atoms with Gasteiger partial charge in [-0.1, -0.05) is 45.0 Å². The molecule has 0 aliphatic carbocycles. The number of nitrogens with one attached hydrogen (secondary N) is 1. The Morgan fingerprint density at radius 1 is 1.03 bits per heavy atom. The Labute approximate surface area is 190 Å². The number of amides is 1. The van der Waals surface area contributed by atoms with Gasteiger partial charge in [-0.2, -0.15) is 0 Å². The van der Waals surface area contributed by atoms with Gasteiger partial charge in [0.25, 0.3) is 5.91 Å². The zero-order valence-corrected chi connectivity index (χ0v) is 19.5. The molecule has 0 saturated carbocycles. The molecule has 1 atom stereocenters. The van der Waals surface area contributed by atoms with Crippen LogP contribution in [0.2, 0.25) is 0 Å². The van der Waals surface area contributed by atoms with Crippen molar-refractivity contribution in [3.63, 3.8) is 0 Å². The predicted octanol–water partition coefficient (Wildman–Crippen LogP) is 7.05. The third kappa shape index (κ3) is 5.95. The molecule has 0 spiro atoms. The second-order valence-electron chi connectivity index (χ2n) is 8.16. The van der Waals surface area contributed by atoms with Crippen LogP contribution in [0.5, 0.6) is 11.5 Å². The fourth-order valence-corrected chi connectivity index (χ4v) is 3.44. The van der Waals surface area contributed by atoms with Crippen LogP contribution in [0.1, 0.15) is 73.4 Å². The highest BCUT2D eigenvalue weighted by Gasteiger charge is 2.15. The number of para-hydroxylation sites is 1. The van der Waals surface area contributed by atoms with E-state index in [4.69, 9.17) is 9.47 Å². The summed E-state index contributed by atoms with van der Waals surface area (Å²) in [5, 5.41) is 2.96. The van der Waals surface area contributed by atoms with Crippen LogP contribution in [-0.2, 0) is 4.74 Å². The molecule has 1 N–H and O–H groups in total. The molecule has 0 fully saturated rings. The molecular formula is C27H32N2O3. The fourth-order valence-electron chi connectivity index (χ4n) is 3.44. The summed E-state index contributed by atoms with van der Waals surface area (Å²) in [7, 11) is 0. The Morgan fingerprint density at radius 3 is 2.53 bits per heavy atom. The first-order valence-electron chi connectivity index (χ1n) is 11.2. The molecular weight excluding hydrogens is 400 g/mol. The van der Waals surface area contributed by atoms with Gasteiger partial charge in [0, 0.05) is 18.4 Å². The number of pyridine rings is 1. The summed E-state index contributed by atoms with van der Waals surface area (Å²) in [6.45, 7) is 10.8. The van der Waals surface area contributed by atoms with E-state index in [2.05, 4.69) is 37.1 Å². The topological polar surface area (TPSA) is 60.5 Å². The molecule has 0 bridgehead atoms. The van der Waals surface area contributed by atoms with E-state index in [1.54, 1.807) is 6.07 Å². The Kier molecular flexibility index (Phi) is 8.01. The van der Waals surface area contributed by atoms with Crippen LogP contribution in [0.25, 0.3) is 0 Å². The third-order valence-electron chi connectivity index (χ3n) is 5.20. The largest absolute Gasteiger partial charge is 0.457 e. The number of anilines is 1. The van der Waals surface area contributed by atoms with E-state index < -0.39 is 0 Å². The zero-order chi connectivity index (χ0) is 23.1. The fraction of sp³-hybridized carbons (Fsp3) is 0.333. The molecule has 0 saturated heterocycles. The minimum absolute atomic E-state index is 0.103. The first-order valence-corrected chi connectivity index (χ1v) is 11.2. The van der Waals surface area contributed by atoms with Crippen LogP contribution in [0, 0.1) is 6.92 Å². The van der Waals surface area contributed by atoms with Crippen molar-refractivity contribution in [2.45, 2.75) is 53.1 Å². The van der Waals surface area contributed by atoms with E-state index in [1.165, 1.54) is 0 Å². The molecule has 2 aromatic carbocycles. The second kappa shape index (κ2) is 10.9. The van der Waals surface area contributed by atoms with Gasteiger partial charge in [0.2, 0.25) is 0 Å². The number of hydrogen-bond donors (Lipinski definition) is 1. The number of aromatic nitrogens is 1. The average Bonchev–Trinajstić information content (AvgIpc) is 2.77. The van der Waals surface area contributed by atoms with Crippen molar-refractivity contribution in [2.24, 2.45) is 0 Å². The first-order chi connectivity index (χ1) is 15.4. The van der Waals surface area contributed by atoms with Crippen molar-refractivity contribution in [1.82, 2.24) is 4.98 Å². The van der Waals surface area contributed by atoms with Crippen molar-refractivity contribution < 1.29 is 14.3 Å². The van der Waals surface area contributed by atoms with Gasteiger partial charge < -0.3 is 14.8 Å². The molecule has 1 unspecified atom stereocenters. The van der Waals surface area contributed by atoms with Crippen LogP contribution in [0.15, 0.2) is 60.7 Å². The zero-order valence-electron chi connectivity index (χ0n) is 19.5. The van der Waals surface area contributed by atoms with Gasteiger partial charge in [-0.05, 0) is 62.1 Å². The number of aryl methyl sites for hydroxylation is 1. The Morgan fingerprint density at radius 2 is 1.81 bits per heavy atom. The molecule has 168 valence electrons. The summed E-state index contributed by atoms with van der Waals surface area (Å²) in [6.07, 6.45) is 0.851. The average molecular weight is 433 g/mol. The summed E-state index contributed by atoms with van der Waals surface area (Å²) in [4.78, 5) is 17.5. The molecule has 5 nitrogen and oxygen atoms in total. The number of nitrogens with zero attached hydrogens (tertiary/aromatic N) is 1. The second-order valence-corrected chi connectivity index (χ2v) is 8.16. The maximum Gasteiger partial charge on any atom is 0.257 e. The number of ether oxygens (including phenoxy) is 2. The summed E-state index contributed by atoms with van der Waals surface area (Å²) in [5.41, 5.74) is 3.84. The van der Waals surface area contributed by atoms with Gasteiger partial charge in [-0.25, -0.2) is 0 Å². The van der Waals surface area contributed by atoms with E-state index in [-0.39, 0.29) is 12.0 Å². The Balaban J connectivity index is 1.72. The molecule has 5 heteroatoms.